The van der Waals surface area contributed by atoms with Gasteiger partial charge in [-0.1, -0.05) is 48.1 Å². The van der Waals surface area contributed by atoms with E-state index < -0.39 is 6.10 Å². The summed E-state index contributed by atoms with van der Waals surface area (Å²) in [7, 11) is 0. The Morgan fingerprint density at radius 1 is 1.17 bits per heavy atom. The molecule has 96 valence electrons. The third-order valence-corrected chi connectivity index (χ3v) is 2.81. The van der Waals surface area contributed by atoms with Crippen LogP contribution in [0.15, 0.2) is 48.1 Å². The maximum absolute atomic E-state index is 9.69. The Labute approximate surface area is 136 Å². The van der Waals surface area contributed by atoms with Crippen LogP contribution in [-0.2, 0) is 21.7 Å². The molecule has 0 fully saturated rings. The number of aliphatic hydroxyl groups is 1. The summed E-state index contributed by atoms with van der Waals surface area (Å²) >= 11 is 0. The second kappa shape index (κ2) is 8.95. The van der Waals surface area contributed by atoms with E-state index in [9.17, 15) is 5.11 Å². The Kier molecular flexibility index (Phi) is 10.1. The second-order valence-electron chi connectivity index (χ2n) is 4.10. The van der Waals surface area contributed by atoms with E-state index >= 15 is 0 Å². The smallest absolute Gasteiger partial charge is 1.00 e. The molecule has 0 saturated carbocycles. The van der Waals surface area contributed by atoms with E-state index in [1.807, 2.05) is 25.1 Å². The van der Waals surface area contributed by atoms with Gasteiger partial charge in [0.25, 0.3) is 0 Å². The molecule has 1 aromatic rings. The molecule has 1 aliphatic carbocycles. The standard InChI is InChI=1S/C14H16O.2ClH.Ti/c1-10-7-8-12(9-10)14-6-4-3-5-13(14)11(2)15;;;/h3-9,11-12,15H,1-2H3;2*1H;/q;;;+2/p-2. The van der Waals surface area contributed by atoms with Crippen molar-refractivity contribution in [1.29, 1.82) is 0 Å². The zero-order valence-corrected chi connectivity index (χ0v) is 13.5. The summed E-state index contributed by atoms with van der Waals surface area (Å²) in [6, 6.07) is 8.08. The first-order chi connectivity index (χ1) is 7.18. The molecule has 4 heteroatoms. The molecule has 1 nitrogen and oxygen atoms in total. The van der Waals surface area contributed by atoms with Crippen molar-refractivity contribution in [3.8, 4) is 0 Å². The fourth-order valence-corrected chi connectivity index (χ4v) is 2.04. The van der Waals surface area contributed by atoms with Crippen LogP contribution in [0, 0.1) is 0 Å². The first kappa shape index (κ1) is 20.3. The van der Waals surface area contributed by atoms with Gasteiger partial charge in [0.1, 0.15) is 0 Å². The molecule has 0 saturated heterocycles. The van der Waals surface area contributed by atoms with Crippen LogP contribution in [0.25, 0.3) is 0 Å². The van der Waals surface area contributed by atoms with Crippen molar-refractivity contribution in [3.63, 3.8) is 0 Å². The zero-order valence-electron chi connectivity index (χ0n) is 10.4. The van der Waals surface area contributed by atoms with E-state index in [1.54, 1.807) is 0 Å². The number of rotatable bonds is 2. The fourth-order valence-electron chi connectivity index (χ4n) is 2.04. The molecule has 2 rings (SSSR count). The molecular weight excluding hydrogens is 303 g/mol. The number of halogens is 2. The Morgan fingerprint density at radius 2 is 1.78 bits per heavy atom. The van der Waals surface area contributed by atoms with Crippen molar-refractivity contribution in [1.82, 2.24) is 0 Å². The normalized spacial score (nSPS) is 17.9. The van der Waals surface area contributed by atoms with Crippen LogP contribution in [0.2, 0.25) is 0 Å². The van der Waals surface area contributed by atoms with Gasteiger partial charge in [0.2, 0.25) is 0 Å². The average Bonchev–Trinajstić information content (AvgIpc) is 2.65. The Balaban J connectivity index is 0. The van der Waals surface area contributed by atoms with Gasteiger partial charge in [-0.3, -0.25) is 0 Å². The second-order valence-corrected chi connectivity index (χ2v) is 4.10. The minimum absolute atomic E-state index is 0. The molecule has 0 spiro atoms. The summed E-state index contributed by atoms with van der Waals surface area (Å²) in [4.78, 5) is 0. The summed E-state index contributed by atoms with van der Waals surface area (Å²) in [5, 5.41) is 9.69. The summed E-state index contributed by atoms with van der Waals surface area (Å²) < 4.78 is 0. The van der Waals surface area contributed by atoms with Crippen LogP contribution in [0.3, 0.4) is 0 Å². The Bertz CT molecular complexity index is 428. The molecule has 0 amide bonds. The molecule has 1 aromatic carbocycles. The summed E-state index contributed by atoms with van der Waals surface area (Å²) in [6.07, 6.45) is 6.13. The molecule has 1 N–H and O–H groups in total. The summed E-state index contributed by atoms with van der Waals surface area (Å²) in [5.41, 5.74) is 3.53. The molecule has 0 bridgehead atoms. The number of hydrogen-bond acceptors (Lipinski definition) is 1. The predicted octanol–water partition coefficient (Wildman–Crippen LogP) is -2.65. The summed E-state index contributed by atoms with van der Waals surface area (Å²) in [6.45, 7) is 3.91. The van der Waals surface area contributed by atoms with Gasteiger partial charge in [-0.15, -0.1) is 0 Å². The van der Waals surface area contributed by atoms with Crippen molar-refractivity contribution in [3.05, 3.63) is 59.2 Å². The van der Waals surface area contributed by atoms with Crippen LogP contribution in [-0.4, -0.2) is 5.11 Å². The topological polar surface area (TPSA) is 20.2 Å². The van der Waals surface area contributed by atoms with Crippen LogP contribution < -0.4 is 24.8 Å². The van der Waals surface area contributed by atoms with Gasteiger partial charge in [0, 0.05) is 5.92 Å². The maximum atomic E-state index is 9.69. The van der Waals surface area contributed by atoms with Crippen LogP contribution >= 0.6 is 0 Å². The third kappa shape index (κ3) is 4.57. The Hall–Kier alpha value is -0.0457. The fraction of sp³-hybridized carbons (Fsp3) is 0.286. The minimum Gasteiger partial charge on any atom is -1.00 e. The largest absolute Gasteiger partial charge is 2.00 e. The number of allylic oxidation sites excluding steroid dienone is 4. The number of aliphatic hydroxyl groups excluding tert-OH is 1. The van der Waals surface area contributed by atoms with Gasteiger partial charge in [-0.25, -0.2) is 0 Å². The third-order valence-electron chi connectivity index (χ3n) is 2.81. The van der Waals surface area contributed by atoms with E-state index in [-0.39, 0.29) is 46.5 Å². The van der Waals surface area contributed by atoms with Crippen LogP contribution in [0.4, 0.5) is 0 Å². The zero-order chi connectivity index (χ0) is 10.8. The van der Waals surface area contributed by atoms with Crippen molar-refractivity contribution in [2.45, 2.75) is 25.9 Å². The van der Waals surface area contributed by atoms with Gasteiger partial charge in [-0.2, -0.15) is 0 Å². The first-order valence-electron chi connectivity index (χ1n) is 5.32. The monoisotopic (exact) mass is 318 g/mol. The first-order valence-corrected chi connectivity index (χ1v) is 5.32. The number of benzene rings is 1. The van der Waals surface area contributed by atoms with Crippen LogP contribution in [0.1, 0.15) is 37.0 Å². The molecule has 2 unspecified atom stereocenters. The van der Waals surface area contributed by atoms with Crippen molar-refractivity contribution < 1.29 is 51.6 Å². The van der Waals surface area contributed by atoms with Gasteiger partial charge < -0.3 is 29.9 Å². The molecule has 0 aromatic heterocycles. The molecule has 0 heterocycles. The van der Waals surface area contributed by atoms with E-state index in [0.717, 1.165) is 5.56 Å². The Morgan fingerprint density at radius 3 is 2.28 bits per heavy atom. The van der Waals surface area contributed by atoms with Crippen molar-refractivity contribution >= 4 is 0 Å². The van der Waals surface area contributed by atoms with E-state index in [0.29, 0.717) is 5.92 Å². The van der Waals surface area contributed by atoms with Crippen molar-refractivity contribution in [2.24, 2.45) is 0 Å². The average molecular weight is 319 g/mol. The van der Waals surface area contributed by atoms with Gasteiger partial charge >= 0.3 is 21.7 Å². The maximum Gasteiger partial charge on any atom is 2.00 e. The molecular formula is C14H16Cl2OTi. The van der Waals surface area contributed by atoms with Crippen molar-refractivity contribution in [2.75, 3.05) is 0 Å². The molecule has 1 aliphatic rings. The van der Waals surface area contributed by atoms with Gasteiger partial charge in [0.15, 0.2) is 0 Å². The van der Waals surface area contributed by atoms with E-state index in [1.165, 1.54) is 11.1 Å². The molecule has 18 heavy (non-hydrogen) atoms. The van der Waals surface area contributed by atoms with E-state index in [4.69, 9.17) is 0 Å². The quantitative estimate of drug-likeness (QED) is 0.591. The van der Waals surface area contributed by atoms with Gasteiger partial charge in [0.05, 0.1) is 6.10 Å². The molecule has 2 atom stereocenters. The SMILES string of the molecule is CC1=CC(c2ccccc2C(C)O)C=C1.[Cl-].[Cl-].[Ti+2]. The minimum atomic E-state index is -0.399. The van der Waals surface area contributed by atoms with Crippen LogP contribution in [0.5, 0.6) is 0 Å². The van der Waals surface area contributed by atoms with E-state index in [2.05, 4.69) is 31.2 Å². The van der Waals surface area contributed by atoms with Gasteiger partial charge in [-0.05, 0) is 25.0 Å². The molecule has 0 aliphatic heterocycles. The summed E-state index contributed by atoms with van der Waals surface area (Å²) in [5.74, 6) is 0.329. The number of hydrogen-bond donors (Lipinski definition) is 1. The molecule has 0 radical (unpaired) electrons. The predicted molar refractivity (Wildman–Crippen MR) is 62.7 cm³/mol.